The highest BCUT2D eigenvalue weighted by molar-refractivity contribution is 7.71. The van der Waals surface area contributed by atoms with Crippen LogP contribution in [0.5, 0.6) is 0 Å². The molecule has 1 aromatic rings. The predicted octanol–water partition coefficient (Wildman–Crippen LogP) is 0.233. The summed E-state index contributed by atoms with van der Waals surface area (Å²) in [5.41, 5.74) is 0. The van der Waals surface area contributed by atoms with Crippen LogP contribution in [0.3, 0.4) is 0 Å². The summed E-state index contributed by atoms with van der Waals surface area (Å²) in [6, 6.07) is 0. The minimum Gasteiger partial charge on any atom is -0.286 e. The van der Waals surface area contributed by atoms with E-state index in [0.717, 1.165) is 11.4 Å². The molecule has 2 bridgehead atoms. The molecule has 3 rings (SSSR count). The Morgan fingerprint density at radius 1 is 1.86 bits per heavy atom. The van der Waals surface area contributed by atoms with Crippen molar-refractivity contribution in [3.05, 3.63) is 11.1 Å². The molecule has 0 unspecified atom stereocenters. The van der Waals surface area contributed by atoms with Crippen LogP contribution in [0.15, 0.2) is 6.33 Å². The quantitative estimate of drug-likeness (QED) is 0.456. The van der Waals surface area contributed by atoms with Crippen molar-refractivity contribution in [2.45, 2.75) is 6.67 Å². The molecule has 2 aliphatic heterocycles. The summed E-state index contributed by atoms with van der Waals surface area (Å²) in [5.74, 6) is 0. The summed E-state index contributed by atoms with van der Waals surface area (Å²) < 4.78 is 4.52. The number of aromatic nitrogens is 3. The van der Waals surface area contributed by atoms with E-state index in [4.69, 9.17) is 12.2 Å². The number of hydrogen-bond donors (Lipinski definition) is 0. The van der Waals surface area contributed by atoms with Crippen LogP contribution in [-0.2, 0) is 6.67 Å². The Kier molecular flexibility index (Phi) is 0.380. The molecule has 3 heterocycles. The Bertz CT molecular complexity index is 222. The molecular weight excluding hydrogens is 110 g/mol. The van der Waals surface area contributed by atoms with Crippen LogP contribution in [0.1, 0.15) is 0 Å². The molecule has 36 valence electrons. The van der Waals surface area contributed by atoms with Gasteiger partial charge in [0.25, 0.3) is 0 Å². The minimum absolute atomic E-state index is 0.833. The van der Waals surface area contributed by atoms with Crippen LogP contribution >= 0.6 is 12.2 Å². The van der Waals surface area contributed by atoms with Crippen molar-refractivity contribution < 1.29 is 0 Å². The molecule has 0 radical (unpaired) electrons. The van der Waals surface area contributed by atoms with Crippen LogP contribution < -0.4 is 0 Å². The van der Waals surface area contributed by atoms with E-state index in [1.54, 1.807) is 11.0 Å². The molecule has 0 spiro atoms. The standard InChI is InChI=1S/C3H3N3S/c7-3-5-1-4-6(3)2-5/h1H,2H2. The second-order valence-electron chi connectivity index (χ2n) is 1.52. The van der Waals surface area contributed by atoms with E-state index >= 15 is 0 Å². The average molecular weight is 113 g/mol. The summed E-state index contributed by atoms with van der Waals surface area (Å²) in [6.45, 7) is 0.874. The first kappa shape index (κ1) is 3.37. The van der Waals surface area contributed by atoms with E-state index in [9.17, 15) is 0 Å². The zero-order valence-corrected chi connectivity index (χ0v) is 4.35. The highest BCUT2D eigenvalue weighted by atomic mass is 32.1. The lowest BCUT2D eigenvalue weighted by Gasteiger charge is -2.06. The molecule has 0 saturated heterocycles. The largest absolute Gasteiger partial charge is 0.286 e. The summed E-state index contributed by atoms with van der Waals surface area (Å²) in [6.07, 6.45) is 1.74. The van der Waals surface area contributed by atoms with Crippen LogP contribution in [-0.4, -0.2) is 14.3 Å². The van der Waals surface area contributed by atoms with Gasteiger partial charge in [0.2, 0.25) is 4.77 Å². The van der Waals surface area contributed by atoms with Crippen LogP contribution in [0.4, 0.5) is 0 Å². The first-order valence-electron chi connectivity index (χ1n) is 2.00. The highest BCUT2D eigenvalue weighted by Crippen LogP contribution is 2.02. The summed E-state index contributed by atoms with van der Waals surface area (Å²) >= 11 is 4.82. The summed E-state index contributed by atoms with van der Waals surface area (Å²) in [4.78, 5) is 0. The maximum Gasteiger partial charge on any atom is 0.200 e. The normalized spacial score (nSPS) is 13.7. The molecule has 0 saturated carbocycles. The highest BCUT2D eigenvalue weighted by Gasteiger charge is 2.09. The van der Waals surface area contributed by atoms with Gasteiger partial charge in [-0.3, -0.25) is 4.57 Å². The van der Waals surface area contributed by atoms with Gasteiger partial charge in [-0.1, -0.05) is 0 Å². The number of nitrogens with zero attached hydrogens (tertiary/aromatic N) is 3. The lowest BCUT2D eigenvalue weighted by molar-refractivity contribution is 0.478. The van der Waals surface area contributed by atoms with Crippen LogP contribution in [0.25, 0.3) is 0 Å². The monoisotopic (exact) mass is 113 g/mol. The van der Waals surface area contributed by atoms with Gasteiger partial charge in [0.05, 0.1) is 0 Å². The Morgan fingerprint density at radius 2 is 2.71 bits per heavy atom. The first-order valence-corrected chi connectivity index (χ1v) is 2.41. The molecule has 0 aliphatic carbocycles. The molecule has 0 fully saturated rings. The lowest BCUT2D eigenvalue weighted by Crippen LogP contribution is -2.16. The Balaban J connectivity index is 3.08. The molecule has 7 heavy (non-hydrogen) atoms. The van der Waals surface area contributed by atoms with Crippen LogP contribution in [0, 0.1) is 4.77 Å². The molecule has 0 atom stereocenters. The van der Waals surface area contributed by atoms with Crippen molar-refractivity contribution in [2.75, 3.05) is 0 Å². The molecule has 2 aliphatic rings. The van der Waals surface area contributed by atoms with Crippen molar-refractivity contribution in [3.8, 4) is 0 Å². The van der Waals surface area contributed by atoms with E-state index < -0.39 is 0 Å². The third kappa shape index (κ3) is 0.226. The molecule has 1 aromatic heterocycles. The van der Waals surface area contributed by atoms with Gasteiger partial charge in [-0.2, -0.15) is 5.10 Å². The fraction of sp³-hybridized carbons (Fsp3) is 0.333. The fourth-order valence-electron chi connectivity index (χ4n) is 0.632. The summed E-state index contributed by atoms with van der Waals surface area (Å²) in [7, 11) is 0. The van der Waals surface area contributed by atoms with E-state index in [1.165, 1.54) is 0 Å². The van der Waals surface area contributed by atoms with E-state index in [2.05, 4.69) is 5.10 Å². The van der Waals surface area contributed by atoms with Crippen molar-refractivity contribution in [1.82, 2.24) is 14.3 Å². The fourth-order valence-corrected chi connectivity index (χ4v) is 0.842. The van der Waals surface area contributed by atoms with E-state index in [0.29, 0.717) is 0 Å². The van der Waals surface area contributed by atoms with Crippen molar-refractivity contribution in [3.63, 3.8) is 0 Å². The molecule has 0 amide bonds. The maximum atomic E-state index is 4.82. The van der Waals surface area contributed by atoms with Crippen molar-refractivity contribution in [1.29, 1.82) is 0 Å². The number of hydrogen-bond acceptors (Lipinski definition) is 2. The summed E-state index contributed by atoms with van der Waals surface area (Å²) in [5, 5.41) is 3.88. The van der Waals surface area contributed by atoms with Gasteiger partial charge in [0.15, 0.2) is 0 Å². The zero-order chi connectivity index (χ0) is 4.85. The first-order chi connectivity index (χ1) is 3.38. The van der Waals surface area contributed by atoms with E-state index in [-0.39, 0.29) is 0 Å². The minimum atomic E-state index is 0.833. The lowest BCUT2D eigenvalue weighted by atomic mass is 10.8. The third-order valence-electron chi connectivity index (χ3n) is 1.08. The third-order valence-corrected chi connectivity index (χ3v) is 1.53. The SMILES string of the molecule is S=c1n2cnn1C2. The number of fused-ring (bicyclic) bond motifs is 1. The second kappa shape index (κ2) is 0.790. The van der Waals surface area contributed by atoms with Crippen molar-refractivity contribution >= 4 is 12.2 Å². The molecule has 4 heteroatoms. The van der Waals surface area contributed by atoms with Gasteiger partial charge in [-0.25, -0.2) is 4.68 Å². The van der Waals surface area contributed by atoms with Gasteiger partial charge < -0.3 is 0 Å². The average Bonchev–Trinajstić information content (AvgIpc) is 2.18. The van der Waals surface area contributed by atoms with Gasteiger partial charge in [0, 0.05) is 0 Å². The number of rotatable bonds is 0. The topological polar surface area (TPSA) is 22.8 Å². The Labute approximate surface area is 45.2 Å². The molecule has 0 aromatic carbocycles. The van der Waals surface area contributed by atoms with Gasteiger partial charge in [0.1, 0.15) is 13.0 Å². The van der Waals surface area contributed by atoms with Gasteiger partial charge >= 0.3 is 0 Å². The molecular formula is C3H3N3S. The van der Waals surface area contributed by atoms with Crippen LogP contribution in [0.2, 0.25) is 0 Å². The van der Waals surface area contributed by atoms with E-state index in [1.807, 2.05) is 4.57 Å². The zero-order valence-electron chi connectivity index (χ0n) is 3.53. The predicted molar refractivity (Wildman–Crippen MR) is 26.4 cm³/mol. The Hall–Kier alpha value is -0.640. The van der Waals surface area contributed by atoms with Gasteiger partial charge in [-0.15, -0.1) is 0 Å². The maximum absolute atomic E-state index is 4.82. The van der Waals surface area contributed by atoms with Gasteiger partial charge in [-0.05, 0) is 12.2 Å². The molecule has 0 N–H and O–H groups in total. The Morgan fingerprint density at radius 3 is 2.86 bits per heavy atom. The smallest absolute Gasteiger partial charge is 0.200 e. The van der Waals surface area contributed by atoms with Crippen molar-refractivity contribution in [2.24, 2.45) is 0 Å². The molecule has 3 nitrogen and oxygen atoms in total. The second-order valence-corrected chi connectivity index (χ2v) is 1.89.